The molecule has 0 spiro atoms. The van der Waals surface area contributed by atoms with Crippen molar-refractivity contribution < 1.29 is 4.79 Å². The van der Waals surface area contributed by atoms with Crippen molar-refractivity contribution in [3.63, 3.8) is 0 Å². The molecule has 2 rings (SSSR count). The van der Waals surface area contributed by atoms with Crippen molar-refractivity contribution in [2.75, 3.05) is 0 Å². The minimum absolute atomic E-state index is 0.0896. The Morgan fingerprint density at radius 1 is 1.40 bits per heavy atom. The molecule has 0 aromatic carbocycles. The zero-order chi connectivity index (χ0) is 10.7. The van der Waals surface area contributed by atoms with Crippen molar-refractivity contribution in [1.82, 2.24) is 9.97 Å². The maximum absolute atomic E-state index is 11.8. The molecule has 0 aliphatic heterocycles. The number of carbonyl (C=O) groups excluding carboxylic acids is 1. The summed E-state index contributed by atoms with van der Waals surface area (Å²) < 4.78 is 0. The number of nitrogens with zero attached hydrogens (tertiary/aromatic N) is 2. The van der Waals surface area contributed by atoms with E-state index in [0.29, 0.717) is 12.0 Å². The Morgan fingerprint density at radius 2 is 2.27 bits per heavy atom. The van der Waals surface area contributed by atoms with E-state index in [1.807, 2.05) is 19.1 Å². The van der Waals surface area contributed by atoms with Crippen LogP contribution in [-0.2, 0) is 6.42 Å². The van der Waals surface area contributed by atoms with E-state index in [-0.39, 0.29) is 5.78 Å². The summed E-state index contributed by atoms with van der Waals surface area (Å²) >= 11 is 1.50. The molecule has 0 bridgehead atoms. The first-order chi connectivity index (χ1) is 7.25. The van der Waals surface area contributed by atoms with Crippen molar-refractivity contribution in [3.05, 3.63) is 46.2 Å². The maximum atomic E-state index is 11.8. The van der Waals surface area contributed by atoms with Gasteiger partial charge in [-0.15, -0.1) is 11.3 Å². The zero-order valence-electron chi connectivity index (χ0n) is 8.30. The SMILES string of the molecule is Cc1ccc(C(=O)Cc2cncs2)cn1. The first-order valence-corrected chi connectivity index (χ1v) is 5.47. The highest BCUT2D eigenvalue weighted by atomic mass is 32.1. The van der Waals surface area contributed by atoms with Gasteiger partial charge in [0.05, 0.1) is 5.51 Å². The minimum Gasteiger partial charge on any atom is -0.294 e. The topological polar surface area (TPSA) is 42.9 Å². The summed E-state index contributed by atoms with van der Waals surface area (Å²) in [7, 11) is 0. The second-order valence-corrected chi connectivity index (χ2v) is 4.23. The highest BCUT2D eigenvalue weighted by molar-refractivity contribution is 7.09. The van der Waals surface area contributed by atoms with E-state index in [1.165, 1.54) is 11.3 Å². The molecule has 0 N–H and O–H groups in total. The molecule has 0 fully saturated rings. The molecule has 2 aromatic rings. The maximum Gasteiger partial charge on any atom is 0.169 e. The van der Waals surface area contributed by atoms with E-state index in [1.54, 1.807) is 17.9 Å². The lowest BCUT2D eigenvalue weighted by Crippen LogP contribution is -2.02. The molecule has 2 aromatic heterocycles. The van der Waals surface area contributed by atoms with E-state index in [9.17, 15) is 4.79 Å². The Balaban J connectivity index is 2.11. The second-order valence-electron chi connectivity index (χ2n) is 3.26. The van der Waals surface area contributed by atoms with Gasteiger partial charge in [-0.1, -0.05) is 0 Å². The summed E-state index contributed by atoms with van der Waals surface area (Å²) in [6.45, 7) is 1.90. The molecule has 0 atom stereocenters. The van der Waals surface area contributed by atoms with Gasteiger partial charge in [0.2, 0.25) is 0 Å². The molecule has 0 saturated heterocycles. The monoisotopic (exact) mass is 218 g/mol. The Labute approximate surface area is 91.8 Å². The zero-order valence-corrected chi connectivity index (χ0v) is 9.12. The van der Waals surface area contributed by atoms with Crippen LogP contribution in [0.3, 0.4) is 0 Å². The number of rotatable bonds is 3. The Morgan fingerprint density at radius 3 is 2.87 bits per heavy atom. The number of hydrogen-bond donors (Lipinski definition) is 0. The third-order valence-electron chi connectivity index (χ3n) is 2.05. The van der Waals surface area contributed by atoms with Gasteiger partial charge in [-0.05, 0) is 19.1 Å². The van der Waals surface area contributed by atoms with Gasteiger partial charge in [-0.25, -0.2) is 0 Å². The number of ketones is 1. The van der Waals surface area contributed by atoms with Crippen LogP contribution >= 0.6 is 11.3 Å². The quantitative estimate of drug-likeness (QED) is 0.742. The van der Waals surface area contributed by atoms with Gasteiger partial charge in [0.15, 0.2) is 5.78 Å². The lowest BCUT2D eigenvalue weighted by Gasteiger charge is -1.98. The molecule has 0 aliphatic carbocycles. The van der Waals surface area contributed by atoms with Crippen molar-refractivity contribution in [2.45, 2.75) is 13.3 Å². The number of aryl methyl sites for hydroxylation is 1. The predicted octanol–water partition coefficient (Wildman–Crippen LogP) is 2.27. The van der Waals surface area contributed by atoms with Crippen molar-refractivity contribution in [3.8, 4) is 0 Å². The molecular formula is C11H10N2OS. The number of pyridine rings is 1. The van der Waals surface area contributed by atoms with E-state index < -0.39 is 0 Å². The normalized spacial score (nSPS) is 10.2. The fourth-order valence-corrected chi connectivity index (χ4v) is 1.82. The van der Waals surface area contributed by atoms with Gasteiger partial charge >= 0.3 is 0 Å². The first-order valence-electron chi connectivity index (χ1n) is 4.59. The van der Waals surface area contributed by atoms with Crippen LogP contribution in [0.2, 0.25) is 0 Å². The number of carbonyl (C=O) groups is 1. The highest BCUT2D eigenvalue weighted by Crippen LogP contribution is 2.10. The van der Waals surface area contributed by atoms with Crippen LogP contribution in [-0.4, -0.2) is 15.8 Å². The number of hydrogen-bond acceptors (Lipinski definition) is 4. The fourth-order valence-electron chi connectivity index (χ4n) is 1.22. The first kappa shape index (κ1) is 9.98. The molecule has 15 heavy (non-hydrogen) atoms. The van der Waals surface area contributed by atoms with Gasteiger partial charge in [0, 0.05) is 34.9 Å². The summed E-state index contributed by atoms with van der Waals surface area (Å²) in [6.07, 6.45) is 3.76. The van der Waals surface area contributed by atoms with Crippen molar-refractivity contribution in [1.29, 1.82) is 0 Å². The Bertz CT molecular complexity index is 448. The van der Waals surface area contributed by atoms with Gasteiger partial charge in [0.1, 0.15) is 0 Å². The van der Waals surface area contributed by atoms with Crippen LogP contribution in [0.25, 0.3) is 0 Å². The lowest BCUT2D eigenvalue weighted by atomic mass is 10.1. The Hall–Kier alpha value is -1.55. The van der Waals surface area contributed by atoms with Crippen LogP contribution in [0.1, 0.15) is 20.9 Å². The van der Waals surface area contributed by atoms with Crippen LogP contribution < -0.4 is 0 Å². The largest absolute Gasteiger partial charge is 0.294 e. The molecule has 0 amide bonds. The van der Waals surface area contributed by atoms with Gasteiger partial charge < -0.3 is 0 Å². The number of aromatic nitrogens is 2. The molecule has 3 nitrogen and oxygen atoms in total. The second kappa shape index (κ2) is 4.31. The minimum atomic E-state index is 0.0896. The van der Waals surface area contributed by atoms with Gasteiger partial charge in [-0.3, -0.25) is 14.8 Å². The van der Waals surface area contributed by atoms with Gasteiger partial charge in [0.25, 0.3) is 0 Å². The summed E-state index contributed by atoms with van der Waals surface area (Å²) in [5.74, 6) is 0.0896. The van der Waals surface area contributed by atoms with E-state index in [2.05, 4.69) is 9.97 Å². The van der Waals surface area contributed by atoms with E-state index in [0.717, 1.165) is 10.6 Å². The lowest BCUT2D eigenvalue weighted by molar-refractivity contribution is 0.0993. The van der Waals surface area contributed by atoms with Gasteiger partial charge in [-0.2, -0.15) is 0 Å². The van der Waals surface area contributed by atoms with Crippen LogP contribution in [0.4, 0.5) is 0 Å². The predicted molar refractivity (Wildman–Crippen MR) is 59.1 cm³/mol. The van der Waals surface area contributed by atoms with Crippen LogP contribution in [0.5, 0.6) is 0 Å². The van der Waals surface area contributed by atoms with Crippen molar-refractivity contribution in [2.24, 2.45) is 0 Å². The number of Topliss-reactive ketones (excluding diaryl/α,β-unsaturated/α-hetero) is 1. The Kier molecular flexibility index (Phi) is 2.87. The number of thiazole rings is 1. The molecular weight excluding hydrogens is 208 g/mol. The fraction of sp³-hybridized carbons (Fsp3) is 0.182. The summed E-state index contributed by atoms with van der Waals surface area (Å²) in [4.78, 5) is 20.8. The molecule has 2 heterocycles. The average molecular weight is 218 g/mol. The van der Waals surface area contributed by atoms with E-state index >= 15 is 0 Å². The highest BCUT2D eigenvalue weighted by Gasteiger charge is 2.07. The average Bonchev–Trinajstić information content (AvgIpc) is 2.71. The molecule has 0 unspecified atom stereocenters. The summed E-state index contributed by atoms with van der Waals surface area (Å²) in [5.41, 5.74) is 3.31. The molecule has 0 saturated carbocycles. The molecule has 0 aliphatic rings. The van der Waals surface area contributed by atoms with Crippen molar-refractivity contribution >= 4 is 17.1 Å². The summed E-state index contributed by atoms with van der Waals surface area (Å²) in [5, 5.41) is 0. The molecule has 4 heteroatoms. The van der Waals surface area contributed by atoms with E-state index in [4.69, 9.17) is 0 Å². The van der Waals surface area contributed by atoms with Crippen LogP contribution in [0, 0.1) is 6.92 Å². The third-order valence-corrected chi connectivity index (χ3v) is 2.83. The standard InChI is InChI=1S/C11H10N2OS/c1-8-2-3-9(5-13-8)11(14)4-10-6-12-7-15-10/h2-3,5-7H,4H2,1H3. The third kappa shape index (κ3) is 2.47. The molecule has 0 radical (unpaired) electrons. The smallest absolute Gasteiger partial charge is 0.169 e. The molecule has 76 valence electrons. The van der Waals surface area contributed by atoms with Crippen LogP contribution in [0.15, 0.2) is 30.0 Å². The summed E-state index contributed by atoms with van der Waals surface area (Å²) in [6, 6.07) is 3.66.